The topological polar surface area (TPSA) is 0 Å². The summed E-state index contributed by atoms with van der Waals surface area (Å²) in [5, 5.41) is 4.50. The van der Waals surface area contributed by atoms with E-state index in [0.29, 0.717) is 16.3 Å². The van der Waals surface area contributed by atoms with E-state index < -0.39 is 66.5 Å². The molecule has 0 N–H and O–H groups in total. The van der Waals surface area contributed by atoms with Gasteiger partial charge in [-0.1, -0.05) is 145 Å². The van der Waals surface area contributed by atoms with Crippen molar-refractivity contribution in [3.05, 3.63) is 157 Å². The summed E-state index contributed by atoms with van der Waals surface area (Å²) in [4.78, 5) is 0. The summed E-state index contributed by atoms with van der Waals surface area (Å²) in [5.74, 6) is 0. The predicted octanol–water partition coefficient (Wildman–Crippen LogP) is 11.3. The standard InChI is InChI=1S/C40H26/c1-3-13-29-25-31(23-21-27(29)11-1)33-15-5-6-16-34(33)40-37-19-9-7-17-35(37)39(36-18-8-10-20-38(36)40)32-24-22-28-12-2-4-14-30(28)26-32/h1-26H/i1D,3D,5D,6D,11D,13D,15D,16D,21D,23D,25D. The fourth-order valence-electron chi connectivity index (χ4n) is 5.65. The average molecular weight is 518 g/mol. The zero-order chi connectivity index (χ0) is 36.0. The summed E-state index contributed by atoms with van der Waals surface area (Å²) in [6.45, 7) is 0. The predicted molar refractivity (Wildman–Crippen MR) is 173 cm³/mol. The number of hydrogen-bond acceptors (Lipinski definition) is 0. The summed E-state index contributed by atoms with van der Waals surface area (Å²) >= 11 is 0. The second-order valence-corrected chi connectivity index (χ2v) is 9.65. The normalized spacial score (nSPS) is 15.3. The molecule has 186 valence electrons. The van der Waals surface area contributed by atoms with Crippen molar-refractivity contribution in [2.45, 2.75) is 0 Å². The Morgan fingerprint density at radius 2 is 0.950 bits per heavy atom. The van der Waals surface area contributed by atoms with Gasteiger partial charge in [0, 0.05) is 0 Å². The number of rotatable bonds is 3. The number of hydrogen-bond donors (Lipinski definition) is 0. The van der Waals surface area contributed by atoms with Crippen molar-refractivity contribution in [2.24, 2.45) is 0 Å². The van der Waals surface area contributed by atoms with Crippen LogP contribution < -0.4 is 0 Å². The molecule has 0 radical (unpaired) electrons. The van der Waals surface area contributed by atoms with Crippen LogP contribution in [0.25, 0.3) is 76.5 Å². The van der Waals surface area contributed by atoms with Crippen molar-refractivity contribution >= 4 is 43.1 Å². The third-order valence-electron chi connectivity index (χ3n) is 7.41. The molecule has 0 aromatic heterocycles. The van der Waals surface area contributed by atoms with Crippen molar-refractivity contribution in [3.63, 3.8) is 0 Å². The molecule has 0 saturated carbocycles. The first-order valence-corrected chi connectivity index (χ1v) is 13.0. The molecule has 0 aliphatic carbocycles. The fraction of sp³-hybridized carbons (Fsp3) is 0. The second kappa shape index (κ2) is 9.22. The molecule has 0 amide bonds. The maximum atomic E-state index is 9.33. The minimum absolute atomic E-state index is 0.0278. The van der Waals surface area contributed by atoms with Gasteiger partial charge in [-0.25, -0.2) is 0 Å². The first kappa shape index (κ1) is 14.3. The Kier molecular flexibility index (Phi) is 3.29. The van der Waals surface area contributed by atoms with E-state index in [1.165, 1.54) is 0 Å². The van der Waals surface area contributed by atoms with E-state index in [-0.39, 0.29) is 27.5 Å². The highest BCUT2D eigenvalue weighted by molar-refractivity contribution is 6.22. The lowest BCUT2D eigenvalue weighted by Gasteiger charge is -2.20. The Morgan fingerprint density at radius 3 is 1.68 bits per heavy atom. The molecule has 0 aliphatic rings. The van der Waals surface area contributed by atoms with Gasteiger partial charge in [-0.2, -0.15) is 0 Å². The van der Waals surface area contributed by atoms with Gasteiger partial charge in [-0.15, -0.1) is 0 Å². The quantitative estimate of drug-likeness (QED) is 0.204. The van der Waals surface area contributed by atoms with Crippen LogP contribution in [-0.4, -0.2) is 0 Å². The highest BCUT2D eigenvalue weighted by Gasteiger charge is 2.18. The monoisotopic (exact) mass is 517 g/mol. The van der Waals surface area contributed by atoms with Gasteiger partial charge in [0.2, 0.25) is 0 Å². The van der Waals surface area contributed by atoms with E-state index in [1.54, 1.807) is 0 Å². The third-order valence-corrected chi connectivity index (χ3v) is 7.41. The van der Waals surface area contributed by atoms with Gasteiger partial charge < -0.3 is 0 Å². The van der Waals surface area contributed by atoms with E-state index in [4.69, 9.17) is 11.0 Å². The highest BCUT2D eigenvalue weighted by Crippen LogP contribution is 2.46. The van der Waals surface area contributed by atoms with Crippen molar-refractivity contribution in [1.82, 2.24) is 0 Å². The SMILES string of the molecule is [2H]c1c([2H])c([2H])c(-c2c3ccccc3c(-c3ccc4ccccc4c3)c3ccccc23)c(-c2c([2H])c([2H])c3c([2H])c([2H])c([2H])c([2H])c3c2[2H])c1[2H]. The molecule has 0 atom stereocenters. The average Bonchev–Trinajstić information content (AvgIpc) is 3.14. The third kappa shape index (κ3) is 3.61. The van der Waals surface area contributed by atoms with Crippen LogP contribution in [0.15, 0.2) is 157 Å². The molecular formula is C40H26. The van der Waals surface area contributed by atoms with Gasteiger partial charge in [0.25, 0.3) is 0 Å². The molecule has 0 heteroatoms. The first-order chi connectivity index (χ1) is 24.4. The smallest absolute Gasteiger partial charge is 0.0616 e. The molecule has 0 bridgehead atoms. The maximum Gasteiger partial charge on any atom is 0.0636 e. The lowest BCUT2D eigenvalue weighted by Crippen LogP contribution is -1.92. The molecule has 0 fully saturated rings. The van der Waals surface area contributed by atoms with E-state index in [9.17, 15) is 4.11 Å². The Morgan fingerprint density at radius 1 is 0.375 bits per heavy atom. The lowest BCUT2D eigenvalue weighted by atomic mass is 9.83. The minimum Gasteiger partial charge on any atom is -0.0616 e. The van der Waals surface area contributed by atoms with E-state index in [0.717, 1.165) is 32.7 Å². The van der Waals surface area contributed by atoms with Gasteiger partial charge in [-0.3, -0.25) is 0 Å². The van der Waals surface area contributed by atoms with Crippen LogP contribution in [0.1, 0.15) is 15.1 Å². The molecule has 8 aromatic carbocycles. The second-order valence-electron chi connectivity index (χ2n) is 9.65. The number of benzene rings is 8. The molecule has 0 spiro atoms. The molecule has 8 aromatic rings. The van der Waals surface area contributed by atoms with Crippen LogP contribution >= 0.6 is 0 Å². The van der Waals surface area contributed by atoms with Crippen LogP contribution in [0, 0.1) is 0 Å². The molecule has 0 saturated heterocycles. The van der Waals surface area contributed by atoms with Crippen LogP contribution in [0.5, 0.6) is 0 Å². The number of fused-ring (bicyclic) bond motifs is 4. The van der Waals surface area contributed by atoms with Crippen molar-refractivity contribution in [1.29, 1.82) is 0 Å². The lowest BCUT2D eigenvalue weighted by molar-refractivity contribution is 1.62. The molecule has 0 unspecified atom stereocenters. The van der Waals surface area contributed by atoms with Gasteiger partial charge >= 0.3 is 0 Å². The highest BCUT2D eigenvalue weighted by atomic mass is 14.2. The Bertz CT molecular complexity index is 2770. The Hall–Kier alpha value is -5.20. The molecular weight excluding hydrogens is 480 g/mol. The van der Waals surface area contributed by atoms with Gasteiger partial charge in [0.15, 0.2) is 0 Å². The molecule has 0 nitrogen and oxygen atoms in total. The first-order valence-electron chi connectivity index (χ1n) is 18.5. The van der Waals surface area contributed by atoms with Crippen molar-refractivity contribution in [2.75, 3.05) is 0 Å². The van der Waals surface area contributed by atoms with E-state index in [2.05, 4.69) is 18.2 Å². The summed E-state index contributed by atoms with van der Waals surface area (Å²) < 4.78 is 96.9. The Balaban J connectivity index is 1.58. The van der Waals surface area contributed by atoms with Crippen LogP contribution in [0.4, 0.5) is 0 Å². The summed E-state index contributed by atoms with van der Waals surface area (Å²) in [6, 6.07) is 23.4. The molecule has 0 heterocycles. The molecule has 40 heavy (non-hydrogen) atoms. The largest absolute Gasteiger partial charge is 0.0636 e. The summed E-state index contributed by atoms with van der Waals surface area (Å²) in [7, 11) is 0. The van der Waals surface area contributed by atoms with Crippen LogP contribution in [0.3, 0.4) is 0 Å². The summed E-state index contributed by atoms with van der Waals surface area (Å²) in [5.41, 5.74) is 1.86. The van der Waals surface area contributed by atoms with Crippen molar-refractivity contribution in [3.8, 4) is 33.4 Å². The maximum absolute atomic E-state index is 9.33. The summed E-state index contributed by atoms with van der Waals surface area (Å²) in [6.07, 6.45) is 0. The van der Waals surface area contributed by atoms with Gasteiger partial charge in [0.05, 0.1) is 15.1 Å². The minimum atomic E-state index is -0.611. The molecule has 8 rings (SSSR count). The Labute approximate surface area is 249 Å². The van der Waals surface area contributed by atoms with E-state index >= 15 is 0 Å². The zero-order valence-electron chi connectivity index (χ0n) is 32.2. The zero-order valence-corrected chi connectivity index (χ0v) is 21.2. The van der Waals surface area contributed by atoms with Gasteiger partial charge in [-0.05, 0) is 88.6 Å². The van der Waals surface area contributed by atoms with Crippen LogP contribution in [-0.2, 0) is 0 Å². The van der Waals surface area contributed by atoms with Gasteiger partial charge in [0.1, 0.15) is 0 Å². The van der Waals surface area contributed by atoms with Crippen LogP contribution in [0.2, 0.25) is 0 Å². The fourth-order valence-corrected chi connectivity index (χ4v) is 5.65. The van der Waals surface area contributed by atoms with Crippen molar-refractivity contribution < 1.29 is 15.1 Å². The van der Waals surface area contributed by atoms with E-state index in [1.807, 2.05) is 72.8 Å². The molecule has 0 aliphatic heterocycles.